The molecule has 5 nitrogen and oxygen atoms in total. The van der Waals surface area contributed by atoms with E-state index in [4.69, 9.17) is 10.5 Å². The second kappa shape index (κ2) is 6.32. The van der Waals surface area contributed by atoms with Crippen molar-refractivity contribution in [3.63, 3.8) is 0 Å². The summed E-state index contributed by atoms with van der Waals surface area (Å²) >= 11 is 0. The van der Waals surface area contributed by atoms with Gasteiger partial charge in [0.1, 0.15) is 0 Å². The summed E-state index contributed by atoms with van der Waals surface area (Å²) in [4.78, 5) is 2.13. The molecule has 1 rings (SSSR count). The van der Waals surface area contributed by atoms with E-state index in [1.165, 1.54) is 6.26 Å². The molecule has 0 radical (unpaired) electrons. The molecule has 0 saturated heterocycles. The van der Waals surface area contributed by atoms with Crippen LogP contribution in [0.4, 0.5) is 0 Å². The summed E-state index contributed by atoms with van der Waals surface area (Å²) in [5.74, 6) is 0. The molecule has 18 heavy (non-hydrogen) atoms. The maximum atomic E-state index is 11.9. The van der Waals surface area contributed by atoms with E-state index < -0.39 is 9.84 Å². The molecule has 0 aromatic heterocycles. The molecule has 2 N–H and O–H groups in total. The lowest BCUT2D eigenvalue weighted by Gasteiger charge is -2.42. The monoisotopic (exact) mass is 278 g/mol. The van der Waals surface area contributed by atoms with Crippen LogP contribution in [0.2, 0.25) is 0 Å². The highest BCUT2D eigenvalue weighted by Gasteiger charge is 2.49. The van der Waals surface area contributed by atoms with Crippen LogP contribution in [-0.4, -0.2) is 64.2 Å². The number of sulfone groups is 1. The molecule has 6 heteroatoms. The van der Waals surface area contributed by atoms with Crippen LogP contribution in [0, 0.1) is 0 Å². The number of methoxy groups -OCH3 is 1. The van der Waals surface area contributed by atoms with Gasteiger partial charge in [-0.2, -0.15) is 0 Å². The summed E-state index contributed by atoms with van der Waals surface area (Å²) in [5, 5.41) is -0.331. The van der Waals surface area contributed by atoms with E-state index in [-0.39, 0.29) is 10.8 Å². The Balaban J connectivity index is 2.83. The number of nitrogens with zero attached hydrogens (tertiary/aromatic N) is 1. The molecule has 0 aliphatic heterocycles. The Labute approximate surface area is 111 Å². The fourth-order valence-electron chi connectivity index (χ4n) is 3.13. The van der Waals surface area contributed by atoms with Crippen molar-refractivity contribution in [3.05, 3.63) is 0 Å². The van der Waals surface area contributed by atoms with Gasteiger partial charge in [-0.15, -0.1) is 0 Å². The third-order valence-corrected chi connectivity index (χ3v) is 5.86. The van der Waals surface area contributed by atoms with Gasteiger partial charge in [0.25, 0.3) is 0 Å². The molecular weight excluding hydrogens is 252 g/mol. The highest BCUT2D eigenvalue weighted by molar-refractivity contribution is 7.91. The molecule has 0 amide bonds. The minimum Gasteiger partial charge on any atom is -0.385 e. The van der Waals surface area contributed by atoms with E-state index in [1.54, 1.807) is 7.11 Å². The summed E-state index contributed by atoms with van der Waals surface area (Å²) in [6.07, 6.45) is 4.75. The number of nitrogens with two attached hydrogens (primary N) is 1. The van der Waals surface area contributed by atoms with Crippen LogP contribution >= 0.6 is 0 Å². The highest BCUT2D eigenvalue weighted by Crippen LogP contribution is 2.38. The molecule has 2 unspecified atom stereocenters. The topological polar surface area (TPSA) is 72.6 Å². The average molecular weight is 278 g/mol. The van der Waals surface area contributed by atoms with Crippen LogP contribution in [0.25, 0.3) is 0 Å². The number of likely N-dealkylation sites (N-methyl/N-ethyl adjacent to an activating group) is 1. The molecular formula is C12H26N2O3S. The normalized spacial score (nSPS) is 29.1. The molecule has 1 fully saturated rings. The number of hydrogen-bond donors (Lipinski definition) is 1. The van der Waals surface area contributed by atoms with Crippen LogP contribution in [0.1, 0.15) is 25.7 Å². The smallest absolute Gasteiger partial charge is 0.152 e. The van der Waals surface area contributed by atoms with Crippen LogP contribution in [-0.2, 0) is 14.6 Å². The lowest BCUT2D eigenvalue weighted by molar-refractivity contribution is 0.113. The van der Waals surface area contributed by atoms with Crippen LogP contribution in [0.15, 0.2) is 0 Å². The summed E-state index contributed by atoms with van der Waals surface area (Å²) < 4.78 is 28.9. The van der Waals surface area contributed by atoms with Gasteiger partial charge in [0.15, 0.2) is 9.84 Å². The number of ether oxygens (including phenoxy) is 1. The SMILES string of the molecule is COCCCN(C)C1(CN)CCCC1S(C)(=O)=O. The van der Waals surface area contributed by atoms with E-state index in [2.05, 4.69) is 4.90 Å². The number of rotatable bonds is 7. The Kier molecular flexibility index (Phi) is 5.58. The van der Waals surface area contributed by atoms with Gasteiger partial charge in [0, 0.05) is 38.6 Å². The molecule has 1 aliphatic carbocycles. The third-order valence-electron chi connectivity index (χ3n) is 4.15. The van der Waals surface area contributed by atoms with Crippen molar-refractivity contribution in [2.45, 2.75) is 36.5 Å². The summed E-state index contributed by atoms with van der Waals surface area (Å²) in [5.41, 5.74) is 5.54. The van der Waals surface area contributed by atoms with E-state index in [9.17, 15) is 8.42 Å². The van der Waals surface area contributed by atoms with Crippen molar-refractivity contribution in [3.8, 4) is 0 Å². The molecule has 1 saturated carbocycles. The Hall–Kier alpha value is -0.170. The first-order chi connectivity index (χ1) is 8.38. The molecule has 0 heterocycles. The predicted octanol–water partition coefficient (Wildman–Crippen LogP) is 0.249. The summed E-state index contributed by atoms with van der Waals surface area (Å²) in [6.45, 7) is 1.90. The van der Waals surface area contributed by atoms with Crippen molar-refractivity contribution in [2.24, 2.45) is 5.73 Å². The first-order valence-corrected chi connectivity index (χ1v) is 8.43. The molecule has 108 valence electrons. The van der Waals surface area contributed by atoms with Gasteiger partial charge in [-0.05, 0) is 26.3 Å². The quantitative estimate of drug-likeness (QED) is 0.676. The first kappa shape index (κ1) is 15.9. The minimum absolute atomic E-state index is 0.331. The maximum Gasteiger partial charge on any atom is 0.152 e. The zero-order chi connectivity index (χ0) is 13.8. The van der Waals surface area contributed by atoms with Crippen molar-refractivity contribution < 1.29 is 13.2 Å². The van der Waals surface area contributed by atoms with Gasteiger partial charge in [0.05, 0.1) is 5.25 Å². The lowest BCUT2D eigenvalue weighted by Crippen LogP contribution is -2.59. The standard InChI is InChI=1S/C12H26N2O3S/c1-14(8-5-9-17-2)12(10-13)7-4-6-11(12)18(3,15)16/h11H,4-10,13H2,1-3H3. The second-order valence-corrected chi connectivity index (χ2v) is 7.51. The molecule has 0 spiro atoms. The fraction of sp³-hybridized carbons (Fsp3) is 1.00. The summed E-state index contributed by atoms with van der Waals surface area (Å²) in [6, 6.07) is 0. The van der Waals surface area contributed by atoms with Gasteiger partial charge >= 0.3 is 0 Å². The highest BCUT2D eigenvalue weighted by atomic mass is 32.2. The predicted molar refractivity (Wildman–Crippen MR) is 73.4 cm³/mol. The maximum absolute atomic E-state index is 11.9. The third kappa shape index (κ3) is 3.23. The van der Waals surface area contributed by atoms with Gasteiger partial charge in [0.2, 0.25) is 0 Å². The van der Waals surface area contributed by atoms with Crippen LogP contribution < -0.4 is 5.73 Å². The van der Waals surface area contributed by atoms with Crippen molar-refractivity contribution in [1.29, 1.82) is 0 Å². The van der Waals surface area contributed by atoms with Gasteiger partial charge < -0.3 is 10.5 Å². The molecule has 2 atom stereocenters. The van der Waals surface area contributed by atoms with Crippen LogP contribution in [0.5, 0.6) is 0 Å². The Morgan fingerprint density at radius 1 is 1.50 bits per heavy atom. The zero-order valence-electron chi connectivity index (χ0n) is 11.7. The van der Waals surface area contributed by atoms with Gasteiger partial charge in [-0.3, -0.25) is 4.90 Å². The summed E-state index contributed by atoms with van der Waals surface area (Å²) in [7, 11) is 0.602. The molecule has 0 aromatic rings. The van der Waals surface area contributed by atoms with Crippen molar-refractivity contribution >= 4 is 9.84 Å². The van der Waals surface area contributed by atoms with Gasteiger partial charge in [-0.1, -0.05) is 6.42 Å². The van der Waals surface area contributed by atoms with Crippen molar-refractivity contribution in [2.75, 3.05) is 40.1 Å². The van der Waals surface area contributed by atoms with E-state index in [1.807, 2.05) is 7.05 Å². The Morgan fingerprint density at radius 2 is 2.17 bits per heavy atom. The minimum atomic E-state index is -3.05. The number of hydrogen-bond acceptors (Lipinski definition) is 5. The Morgan fingerprint density at radius 3 is 2.67 bits per heavy atom. The lowest BCUT2D eigenvalue weighted by atomic mass is 9.95. The Bertz CT molecular complexity index is 358. The van der Waals surface area contributed by atoms with E-state index in [0.717, 1.165) is 32.2 Å². The molecule has 1 aliphatic rings. The largest absolute Gasteiger partial charge is 0.385 e. The van der Waals surface area contributed by atoms with E-state index in [0.29, 0.717) is 13.2 Å². The van der Waals surface area contributed by atoms with E-state index >= 15 is 0 Å². The first-order valence-electron chi connectivity index (χ1n) is 6.47. The zero-order valence-corrected chi connectivity index (χ0v) is 12.5. The van der Waals surface area contributed by atoms with Crippen molar-refractivity contribution in [1.82, 2.24) is 4.90 Å². The van der Waals surface area contributed by atoms with Gasteiger partial charge in [-0.25, -0.2) is 8.42 Å². The average Bonchev–Trinajstić information content (AvgIpc) is 2.74. The fourth-order valence-corrected chi connectivity index (χ4v) is 4.92. The molecule has 0 bridgehead atoms. The second-order valence-electron chi connectivity index (χ2n) is 5.29. The molecule has 0 aromatic carbocycles. The van der Waals surface area contributed by atoms with Crippen LogP contribution in [0.3, 0.4) is 0 Å².